The largest absolute Gasteiger partial charge is 0.451 e. The van der Waals surface area contributed by atoms with Crippen molar-refractivity contribution in [3.63, 3.8) is 0 Å². The number of hydrogen-bond donors (Lipinski definition) is 1. The number of hydrogen-bond acceptors (Lipinski definition) is 4. The van der Waals surface area contributed by atoms with Crippen molar-refractivity contribution in [3.05, 3.63) is 58.4 Å². The number of carbonyl (C=O) groups is 2. The van der Waals surface area contributed by atoms with E-state index < -0.39 is 18.5 Å². The van der Waals surface area contributed by atoms with Crippen LogP contribution < -0.4 is 5.32 Å². The maximum absolute atomic E-state index is 12.3. The van der Waals surface area contributed by atoms with Gasteiger partial charge in [-0.3, -0.25) is 4.79 Å². The third-order valence-electron chi connectivity index (χ3n) is 4.47. The Bertz CT molecular complexity index is 960. The number of nitrogens with one attached hydrogen (secondary N) is 1. The minimum atomic E-state index is -0.819. The summed E-state index contributed by atoms with van der Waals surface area (Å²) in [6.45, 7) is 10.6. The topological polar surface area (TPSA) is 84.1 Å². The van der Waals surface area contributed by atoms with Gasteiger partial charge in [0, 0.05) is 23.6 Å². The number of ether oxygens (including phenoxy) is 1. The molecule has 1 amide bonds. The maximum Gasteiger partial charge on any atom is 0.349 e. The van der Waals surface area contributed by atoms with Crippen molar-refractivity contribution in [1.82, 2.24) is 4.57 Å². The summed E-state index contributed by atoms with van der Waals surface area (Å²) in [6.07, 6.45) is 1.51. The highest BCUT2D eigenvalue weighted by Crippen LogP contribution is 2.20. The fraction of sp³-hybridized carbons (Fsp3) is 0.348. The van der Waals surface area contributed by atoms with Crippen LogP contribution in [0.2, 0.25) is 0 Å². The van der Waals surface area contributed by atoms with E-state index in [1.807, 2.05) is 45.0 Å². The van der Waals surface area contributed by atoms with Crippen LogP contribution in [0, 0.1) is 38.0 Å². The quantitative estimate of drug-likeness (QED) is 0.435. The van der Waals surface area contributed by atoms with Crippen LogP contribution in [0.1, 0.15) is 36.4 Å². The lowest BCUT2D eigenvalue weighted by Crippen LogP contribution is -2.21. The summed E-state index contributed by atoms with van der Waals surface area (Å²) in [5.74, 6) is -0.807. The molecule has 0 aliphatic heterocycles. The van der Waals surface area contributed by atoms with Crippen LogP contribution >= 0.6 is 0 Å². The number of amides is 1. The van der Waals surface area contributed by atoms with Crippen molar-refractivity contribution >= 4 is 23.6 Å². The van der Waals surface area contributed by atoms with Gasteiger partial charge >= 0.3 is 5.97 Å². The van der Waals surface area contributed by atoms with Crippen molar-refractivity contribution in [2.24, 2.45) is 5.92 Å². The lowest BCUT2D eigenvalue weighted by atomic mass is 10.1. The molecule has 6 heteroatoms. The SMILES string of the molecule is Cc1ccc(NC(=O)COC(=O)/C(C#N)=C/c2cc(C)n(CC(C)C)c2C)cc1. The fourth-order valence-electron chi connectivity index (χ4n) is 2.96. The summed E-state index contributed by atoms with van der Waals surface area (Å²) in [5, 5.41) is 12.0. The van der Waals surface area contributed by atoms with Gasteiger partial charge in [0.15, 0.2) is 6.61 Å². The number of rotatable bonds is 7. The summed E-state index contributed by atoms with van der Waals surface area (Å²) in [4.78, 5) is 24.2. The maximum atomic E-state index is 12.3. The van der Waals surface area contributed by atoms with Gasteiger partial charge in [-0.15, -0.1) is 0 Å². The van der Waals surface area contributed by atoms with Gasteiger partial charge in [0.2, 0.25) is 0 Å². The Labute approximate surface area is 171 Å². The minimum Gasteiger partial charge on any atom is -0.451 e. The molecule has 2 rings (SSSR count). The van der Waals surface area contributed by atoms with Gasteiger partial charge in [0.1, 0.15) is 11.6 Å². The second-order valence-electron chi connectivity index (χ2n) is 7.49. The highest BCUT2D eigenvalue weighted by Gasteiger charge is 2.16. The zero-order valence-corrected chi connectivity index (χ0v) is 17.6. The van der Waals surface area contributed by atoms with Crippen LogP contribution in [-0.2, 0) is 20.9 Å². The van der Waals surface area contributed by atoms with Crippen molar-refractivity contribution in [1.29, 1.82) is 5.26 Å². The average Bonchev–Trinajstić information content (AvgIpc) is 2.93. The second kappa shape index (κ2) is 9.74. The summed E-state index contributed by atoms with van der Waals surface area (Å²) in [6, 6.07) is 11.1. The molecule has 0 aliphatic carbocycles. The van der Waals surface area contributed by atoms with Crippen molar-refractivity contribution < 1.29 is 14.3 Å². The number of anilines is 1. The fourth-order valence-corrected chi connectivity index (χ4v) is 2.96. The van der Waals surface area contributed by atoms with E-state index in [0.717, 1.165) is 29.1 Å². The third kappa shape index (κ3) is 6.08. The molecule has 1 heterocycles. The molecule has 0 atom stereocenters. The van der Waals surface area contributed by atoms with E-state index in [0.29, 0.717) is 11.6 Å². The Morgan fingerprint density at radius 3 is 2.45 bits per heavy atom. The highest BCUT2D eigenvalue weighted by molar-refractivity contribution is 6.00. The minimum absolute atomic E-state index is 0.141. The van der Waals surface area contributed by atoms with Crippen molar-refractivity contribution in [3.8, 4) is 6.07 Å². The van der Waals surface area contributed by atoms with Crippen LogP contribution in [0.15, 0.2) is 35.9 Å². The lowest BCUT2D eigenvalue weighted by molar-refractivity contribution is -0.142. The number of nitrogens with zero attached hydrogens (tertiary/aromatic N) is 2. The Morgan fingerprint density at radius 1 is 1.21 bits per heavy atom. The molecule has 0 radical (unpaired) electrons. The number of carbonyl (C=O) groups excluding carboxylic acids is 2. The van der Waals surface area contributed by atoms with Crippen LogP contribution in [0.3, 0.4) is 0 Å². The van der Waals surface area contributed by atoms with Crippen LogP contribution in [-0.4, -0.2) is 23.1 Å². The molecule has 0 unspecified atom stereocenters. The normalized spacial score (nSPS) is 11.3. The molecule has 0 aliphatic rings. The molecule has 29 heavy (non-hydrogen) atoms. The van der Waals surface area contributed by atoms with Gasteiger partial charge in [-0.1, -0.05) is 31.5 Å². The number of nitriles is 1. The molecular weight excluding hydrogens is 366 g/mol. The summed E-state index contributed by atoms with van der Waals surface area (Å²) in [7, 11) is 0. The van der Waals surface area contributed by atoms with E-state index in [2.05, 4.69) is 23.7 Å². The molecule has 0 fully saturated rings. The van der Waals surface area contributed by atoms with Crippen molar-refractivity contribution in [2.45, 2.75) is 41.2 Å². The smallest absolute Gasteiger partial charge is 0.349 e. The van der Waals surface area contributed by atoms with Gasteiger partial charge in [-0.05, 0) is 56.5 Å². The van der Waals surface area contributed by atoms with Gasteiger partial charge in [0.05, 0.1) is 0 Å². The molecule has 1 N–H and O–H groups in total. The molecule has 1 aromatic carbocycles. The van der Waals surface area contributed by atoms with Crippen LogP contribution in [0.4, 0.5) is 5.69 Å². The first-order chi connectivity index (χ1) is 13.7. The third-order valence-corrected chi connectivity index (χ3v) is 4.47. The summed E-state index contributed by atoms with van der Waals surface area (Å²) < 4.78 is 7.18. The molecule has 6 nitrogen and oxygen atoms in total. The van der Waals surface area contributed by atoms with E-state index >= 15 is 0 Å². The number of esters is 1. The molecular formula is C23H27N3O3. The predicted octanol–water partition coefficient (Wildman–Crippen LogP) is 4.16. The van der Waals surface area contributed by atoms with E-state index in [-0.39, 0.29) is 5.57 Å². The van der Waals surface area contributed by atoms with Gasteiger partial charge in [0.25, 0.3) is 5.91 Å². The van der Waals surface area contributed by atoms with E-state index in [4.69, 9.17) is 4.74 Å². The Hall–Kier alpha value is -3.33. The van der Waals surface area contributed by atoms with Gasteiger partial charge < -0.3 is 14.6 Å². The number of aromatic nitrogens is 1. The zero-order valence-electron chi connectivity index (χ0n) is 17.6. The molecule has 1 aromatic heterocycles. The first kappa shape index (κ1) is 22.0. The average molecular weight is 393 g/mol. The van der Waals surface area contributed by atoms with Gasteiger partial charge in [-0.2, -0.15) is 5.26 Å². The second-order valence-corrected chi connectivity index (χ2v) is 7.49. The first-order valence-electron chi connectivity index (χ1n) is 9.53. The zero-order chi connectivity index (χ0) is 21.6. The Morgan fingerprint density at radius 2 is 1.86 bits per heavy atom. The standard InChI is InChI=1S/C23H27N3O3/c1-15(2)13-26-17(4)10-19(18(26)5)11-20(12-24)23(28)29-14-22(27)25-21-8-6-16(3)7-9-21/h6-11,15H,13-14H2,1-5H3,(H,25,27)/b20-11+. The monoisotopic (exact) mass is 393 g/mol. The molecule has 0 bridgehead atoms. The predicted molar refractivity (Wildman–Crippen MR) is 113 cm³/mol. The van der Waals surface area contributed by atoms with E-state index in [1.165, 1.54) is 6.08 Å². The first-order valence-corrected chi connectivity index (χ1v) is 9.53. The van der Waals surface area contributed by atoms with Crippen molar-refractivity contribution in [2.75, 3.05) is 11.9 Å². The molecule has 2 aromatic rings. The lowest BCUT2D eigenvalue weighted by Gasteiger charge is -2.12. The molecule has 152 valence electrons. The highest BCUT2D eigenvalue weighted by atomic mass is 16.5. The number of benzene rings is 1. The van der Waals surface area contributed by atoms with Crippen LogP contribution in [0.5, 0.6) is 0 Å². The molecule has 0 saturated carbocycles. The summed E-state index contributed by atoms with van der Waals surface area (Å²) >= 11 is 0. The molecule has 0 spiro atoms. The summed E-state index contributed by atoms with van der Waals surface area (Å²) in [5.41, 5.74) is 4.38. The van der Waals surface area contributed by atoms with Gasteiger partial charge in [-0.25, -0.2) is 4.79 Å². The number of aryl methyl sites for hydroxylation is 2. The van der Waals surface area contributed by atoms with Crippen LogP contribution in [0.25, 0.3) is 6.08 Å². The molecule has 0 saturated heterocycles. The van der Waals surface area contributed by atoms with E-state index in [9.17, 15) is 14.9 Å². The van der Waals surface area contributed by atoms with E-state index in [1.54, 1.807) is 12.1 Å². The Kier molecular flexibility index (Phi) is 7.38. The Balaban J connectivity index is 2.04.